The molecule has 0 heterocycles. The fraction of sp³-hybridized carbons (Fsp3) is 0. The molecule has 0 saturated carbocycles. The molecule has 0 fully saturated rings. The summed E-state index contributed by atoms with van der Waals surface area (Å²) in [6, 6.07) is 18.9. The van der Waals surface area contributed by atoms with Crippen LogP contribution >= 0.6 is 12.6 Å². The second-order valence-electron chi connectivity index (χ2n) is 2.64. The van der Waals surface area contributed by atoms with Gasteiger partial charge in [0.25, 0.3) is 0 Å². The van der Waals surface area contributed by atoms with E-state index in [1.54, 1.807) is 18.2 Å². The van der Waals surface area contributed by atoms with E-state index in [1.807, 2.05) is 42.5 Å². The van der Waals surface area contributed by atoms with Crippen LogP contribution in [0, 0.1) is 0 Å². The van der Waals surface area contributed by atoms with E-state index in [9.17, 15) is 0 Å². The van der Waals surface area contributed by atoms with E-state index in [0.717, 1.165) is 0 Å². The van der Waals surface area contributed by atoms with Crippen molar-refractivity contribution < 1.29 is 5.11 Å². The minimum Gasteiger partial charge on any atom is -0.507 e. The van der Waals surface area contributed by atoms with Gasteiger partial charge in [-0.05, 0) is 12.1 Å². The molecule has 2 aromatic rings. The van der Waals surface area contributed by atoms with Gasteiger partial charge in [0.15, 0.2) is 0 Å². The molecule has 0 aliphatic carbocycles. The summed E-state index contributed by atoms with van der Waals surface area (Å²) in [5, 5.41) is 8.84. The van der Waals surface area contributed by atoms with Crippen molar-refractivity contribution in [3.63, 3.8) is 0 Å². The van der Waals surface area contributed by atoms with Crippen LogP contribution in [0.15, 0.2) is 65.6 Å². The van der Waals surface area contributed by atoms with Crippen LogP contribution in [0.3, 0.4) is 0 Å². The number of phenolic OH excluding ortho intramolecular Hbond substituents is 1. The highest BCUT2D eigenvalue weighted by Crippen LogP contribution is 2.18. The lowest BCUT2D eigenvalue weighted by Crippen LogP contribution is -1.64. The molecule has 0 atom stereocenters. The van der Waals surface area contributed by atoms with Crippen LogP contribution in [0.5, 0.6) is 5.75 Å². The maximum atomic E-state index is 8.84. The van der Waals surface area contributed by atoms with Crippen molar-refractivity contribution in [2.75, 3.05) is 0 Å². The number of para-hydroxylation sites is 1. The van der Waals surface area contributed by atoms with Crippen LogP contribution in [0.2, 0.25) is 0 Å². The van der Waals surface area contributed by atoms with Crippen LogP contribution < -0.4 is 0 Å². The average molecular weight is 204 g/mol. The van der Waals surface area contributed by atoms with Crippen LogP contribution in [0.4, 0.5) is 0 Å². The summed E-state index contributed by atoms with van der Waals surface area (Å²) >= 11 is 3.95. The molecule has 72 valence electrons. The molecule has 0 unspecified atom stereocenters. The van der Waals surface area contributed by atoms with E-state index >= 15 is 0 Å². The Bertz CT molecular complexity index is 312. The molecule has 0 saturated heterocycles. The molecule has 0 aliphatic heterocycles. The quantitative estimate of drug-likeness (QED) is 0.630. The zero-order chi connectivity index (χ0) is 10.2. The standard InChI is InChI=1S/C6H6OS.C6H6/c7-5-3-1-2-4-6(5)8;1-2-4-6-5-3-1/h1-4,7-8H;1-6H. The van der Waals surface area contributed by atoms with Gasteiger partial charge < -0.3 is 5.11 Å². The van der Waals surface area contributed by atoms with Crippen LogP contribution in [-0.2, 0) is 0 Å². The lowest BCUT2D eigenvalue weighted by atomic mass is 10.3. The molecule has 2 rings (SSSR count). The molecule has 0 amide bonds. The monoisotopic (exact) mass is 204 g/mol. The minimum absolute atomic E-state index is 0.232. The van der Waals surface area contributed by atoms with Gasteiger partial charge >= 0.3 is 0 Å². The number of rotatable bonds is 0. The van der Waals surface area contributed by atoms with Crippen LogP contribution in [0.1, 0.15) is 0 Å². The Morgan fingerprint density at radius 1 is 0.714 bits per heavy atom. The lowest BCUT2D eigenvalue weighted by molar-refractivity contribution is 0.463. The SMILES string of the molecule is Oc1ccccc1S.c1ccccc1. The molecule has 2 heteroatoms. The smallest absolute Gasteiger partial charge is 0.128 e. The topological polar surface area (TPSA) is 20.2 Å². The molecule has 1 N–H and O–H groups in total. The van der Waals surface area contributed by atoms with Crippen molar-refractivity contribution >= 4 is 12.6 Å². The third-order valence-corrected chi connectivity index (χ3v) is 1.93. The van der Waals surface area contributed by atoms with Gasteiger partial charge in [-0.15, -0.1) is 12.6 Å². The number of benzene rings is 2. The largest absolute Gasteiger partial charge is 0.507 e. The predicted molar refractivity (Wildman–Crippen MR) is 61.8 cm³/mol. The summed E-state index contributed by atoms with van der Waals surface area (Å²) in [5.41, 5.74) is 0. The van der Waals surface area contributed by atoms with E-state index < -0.39 is 0 Å². The van der Waals surface area contributed by atoms with Gasteiger partial charge in [0, 0.05) is 4.90 Å². The van der Waals surface area contributed by atoms with Gasteiger partial charge in [0.1, 0.15) is 5.75 Å². The fourth-order valence-corrected chi connectivity index (χ4v) is 1.01. The first kappa shape index (κ1) is 10.7. The van der Waals surface area contributed by atoms with E-state index in [-0.39, 0.29) is 5.75 Å². The Balaban J connectivity index is 0.000000146. The summed E-state index contributed by atoms with van der Waals surface area (Å²) < 4.78 is 0. The zero-order valence-corrected chi connectivity index (χ0v) is 8.56. The Labute approximate surface area is 89.4 Å². The van der Waals surface area contributed by atoms with Gasteiger partial charge in [-0.2, -0.15) is 0 Å². The maximum Gasteiger partial charge on any atom is 0.128 e. The highest BCUT2D eigenvalue weighted by Gasteiger charge is 1.88. The van der Waals surface area contributed by atoms with Gasteiger partial charge in [0.2, 0.25) is 0 Å². The van der Waals surface area contributed by atoms with Crippen molar-refractivity contribution in [3.8, 4) is 5.75 Å². The van der Waals surface area contributed by atoms with Crippen molar-refractivity contribution in [3.05, 3.63) is 60.7 Å². The first-order valence-electron chi connectivity index (χ1n) is 4.27. The third-order valence-electron chi connectivity index (χ3n) is 1.55. The third kappa shape index (κ3) is 4.01. The van der Waals surface area contributed by atoms with E-state index in [2.05, 4.69) is 12.6 Å². The number of hydrogen-bond acceptors (Lipinski definition) is 2. The van der Waals surface area contributed by atoms with E-state index in [1.165, 1.54) is 0 Å². The Morgan fingerprint density at radius 3 is 1.43 bits per heavy atom. The van der Waals surface area contributed by atoms with Gasteiger partial charge in [-0.25, -0.2) is 0 Å². The Hall–Kier alpha value is -1.41. The Kier molecular flexibility index (Phi) is 4.65. The van der Waals surface area contributed by atoms with Gasteiger partial charge in [0.05, 0.1) is 0 Å². The summed E-state index contributed by atoms with van der Waals surface area (Å²) in [6.07, 6.45) is 0. The second kappa shape index (κ2) is 6.11. The average Bonchev–Trinajstić information content (AvgIpc) is 2.26. The maximum absolute atomic E-state index is 8.84. The molecule has 0 bridgehead atoms. The lowest BCUT2D eigenvalue weighted by Gasteiger charge is -1.91. The summed E-state index contributed by atoms with van der Waals surface area (Å²) in [4.78, 5) is 0.618. The van der Waals surface area contributed by atoms with Crippen molar-refractivity contribution in [2.24, 2.45) is 0 Å². The van der Waals surface area contributed by atoms with Gasteiger partial charge in [-0.1, -0.05) is 48.5 Å². The van der Waals surface area contributed by atoms with Gasteiger partial charge in [-0.3, -0.25) is 0 Å². The number of hydrogen-bond donors (Lipinski definition) is 2. The molecule has 14 heavy (non-hydrogen) atoms. The first-order chi connectivity index (χ1) is 6.80. The molecule has 2 aromatic carbocycles. The Morgan fingerprint density at radius 2 is 1.14 bits per heavy atom. The second-order valence-corrected chi connectivity index (χ2v) is 3.13. The normalized spacial score (nSPS) is 8.64. The van der Waals surface area contributed by atoms with Crippen LogP contribution in [-0.4, -0.2) is 5.11 Å². The predicted octanol–water partition coefficient (Wildman–Crippen LogP) is 3.37. The fourth-order valence-electron chi connectivity index (χ4n) is 0.849. The molecule has 0 radical (unpaired) electrons. The minimum atomic E-state index is 0.232. The number of thiol groups is 1. The summed E-state index contributed by atoms with van der Waals surface area (Å²) in [7, 11) is 0. The highest BCUT2D eigenvalue weighted by molar-refractivity contribution is 7.80. The number of phenols is 1. The van der Waals surface area contributed by atoms with Crippen molar-refractivity contribution in [1.82, 2.24) is 0 Å². The zero-order valence-electron chi connectivity index (χ0n) is 7.67. The molecular weight excluding hydrogens is 192 g/mol. The summed E-state index contributed by atoms with van der Waals surface area (Å²) in [5.74, 6) is 0.232. The molecular formula is C12H12OS. The first-order valence-corrected chi connectivity index (χ1v) is 4.72. The highest BCUT2D eigenvalue weighted by atomic mass is 32.1. The number of aromatic hydroxyl groups is 1. The van der Waals surface area contributed by atoms with E-state index in [0.29, 0.717) is 4.90 Å². The molecule has 1 nitrogen and oxygen atoms in total. The van der Waals surface area contributed by atoms with Crippen molar-refractivity contribution in [2.45, 2.75) is 4.90 Å². The molecule has 0 spiro atoms. The molecule has 0 aromatic heterocycles. The van der Waals surface area contributed by atoms with Crippen molar-refractivity contribution in [1.29, 1.82) is 0 Å². The van der Waals surface area contributed by atoms with E-state index in [4.69, 9.17) is 5.11 Å². The summed E-state index contributed by atoms with van der Waals surface area (Å²) in [6.45, 7) is 0. The van der Waals surface area contributed by atoms with Crippen LogP contribution in [0.25, 0.3) is 0 Å². The molecule has 0 aliphatic rings.